The van der Waals surface area contributed by atoms with Gasteiger partial charge >= 0.3 is 10.2 Å². The van der Waals surface area contributed by atoms with Crippen molar-refractivity contribution in [3.05, 3.63) is 58.5 Å². The zero-order chi connectivity index (χ0) is 20.1. The van der Waals surface area contributed by atoms with Crippen LogP contribution in [0.2, 0.25) is 5.02 Å². The van der Waals surface area contributed by atoms with Crippen molar-refractivity contribution in [2.45, 2.75) is 19.4 Å². The van der Waals surface area contributed by atoms with E-state index < -0.39 is 16.0 Å². The molecule has 3 aromatic rings. The Hall–Kier alpha value is -2.29. The summed E-state index contributed by atoms with van der Waals surface area (Å²) in [4.78, 5) is 3.30. The lowest BCUT2D eigenvalue weighted by Crippen LogP contribution is -2.40. The number of halogens is 2. The first-order chi connectivity index (χ1) is 13.3. The number of fused-ring (bicyclic) bond motifs is 3. The summed E-state index contributed by atoms with van der Waals surface area (Å²) in [5.74, 6) is -0.601. The highest BCUT2D eigenvalue weighted by Gasteiger charge is 2.33. The molecule has 0 radical (unpaired) electrons. The molecule has 1 aliphatic rings. The summed E-state index contributed by atoms with van der Waals surface area (Å²) in [7, 11) is -2.51. The van der Waals surface area contributed by atoms with Gasteiger partial charge in [0.15, 0.2) is 11.6 Å². The molecule has 0 amide bonds. The normalized spacial score (nSPS) is 17.5. The SMILES string of the molecule is COc1cc(NS(=O)(=O)N2Cc3[nH]c4ccc(Cl)cc4c3C(C)C2)ccc1F. The van der Waals surface area contributed by atoms with E-state index in [9.17, 15) is 12.8 Å². The van der Waals surface area contributed by atoms with Crippen molar-refractivity contribution >= 4 is 38.4 Å². The van der Waals surface area contributed by atoms with Crippen molar-refractivity contribution in [2.75, 3.05) is 18.4 Å². The molecule has 0 fully saturated rings. The number of hydrogen-bond acceptors (Lipinski definition) is 3. The van der Waals surface area contributed by atoms with Crippen LogP contribution < -0.4 is 9.46 Å². The molecule has 6 nitrogen and oxygen atoms in total. The van der Waals surface area contributed by atoms with Crippen LogP contribution in [0.25, 0.3) is 10.9 Å². The summed E-state index contributed by atoms with van der Waals surface area (Å²) in [6, 6.07) is 9.43. The summed E-state index contributed by atoms with van der Waals surface area (Å²) in [6.45, 7) is 2.51. The lowest BCUT2D eigenvalue weighted by Gasteiger charge is -2.30. The van der Waals surface area contributed by atoms with Crippen molar-refractivity contribution in [1.29, 1.82) is 0 Å². The molecular formula is C19H19ClFN3O3S. The maximum absolute atomic E-state index is 13.6. The summed E-state index contributed by atoms with van der Waals surface area (Å²) in [5.41, 5.74) is 3.10. The van der Waals surface area contributed by atoms with Crippen molar-refractivity contribution in [1.82, 2.24) is 9.29 Å². The second kappa shape index (κ2) is 6.95. The van der Waals surface area contributed by atoms with E-state index in [4.69, 9.17) is 16.3 Å². The van der Waals surface area contributed by atoms with Crippen molar-refractivity contribution < 1.29 is 17.5 Å². The lowest BCUT2D eigenvalue weighted by atomic mass is 9.95. The smallest absolute Gasteiger partial charge is 0.302 e. The van der Waals surface area contributed by atoms with Crippen LogP contribution in [0.4, 0.5) is 10.1 Å². The largest absolute Gasteiger partial charge is 0.494 e. The van der Waals surface area contributed by atoms with Crippen LogP contribution in [-0.2, 0) is 16.8 Å². The van der Waals surface area contributed by atoms with Gasteiger partial charge in [-0.1, -0.05) is 18.5 Å². The minimum atomic E-state index is -3.84. The lowest BCUT2D eigenvalue weighted by molar-refractivity contribution is 0.364. The fourth-order valence-electron chi connectivity index (χ4n) is 3.69. The van der Waals surface area contributed by atoms with Crippen LogP contribution in [0, 0.1) is 5.82 Å². The van der Waals surface area contributed by atoms with Gasteiger partial charge in [0.05, 0.1) is 19.3 Å². The number of aromatic nitrogens is 1. The van der Waals surface area contributed by atoms with Gasteiger partial charge in [-0.15, -0.1) is 0 Å². The van der Waals surface area contributed by atoms with E-state index in [0.29, 0.717) is 11.6 Å². The highest BCUT2D eigenvalue weighted by atomic mass is 35.5. The number of ether oxygens (including phenoxy) is 1. The van der Waals surface area contributed by atoms with Crippen LogP contribution in [0.15, 0.2) is 36.4 Å². The second-order valence-electron chi connectivity index (χ2n) is 6.86. The fraction of sp³-hybridized carbons (Fsp3) is 0.263. The van der Waals surface area contributed by atoms with Crippen LogP contribution in [0.3, 0.4) is 0 Å². The average molecular weight is 424 g/mol. The van der Waals surface area contributed by atoms with E-state index in [0.717, 1.165) is 28.2 Å². The minimum Gasteiger partial charge on any atom is -0.494 e. The van der Waals surface area contributed by atoms with Crippen molar-refractivity contribution in [2.24, 2.45) is 0 Å². The molecule has 0 bridgehead atoms. The van der Waals surface area contributed by atoms with E-state index in [1.165, 1.54) is 23.5 Å². The Morgan fingerprint density at radius 2 is 2.07 bits per heavy atom. The van der Waals surface area contributed by atoms with Crippen LogP contribution >= 0.6 is 11.6 Å². The maximum Gasteiger partial charge on any atom is 0.302 e. The van der Waals surface area contributed by atoms with Gasteiger partial charge in [-0.25, -0.2) is 4.39 Å². The Kier molecular flexibility index (Phi) is 4.73. The topological polar surface area (TPSA) is 74.4 Å². The predicted molar refractivity (Wildman–Crippen MR) is 108 cm³/mol. The third-order valence-corrected chi connectivity index (χ3v) is 6.61. The Labute approximate surface area is 167 Å². The molecule has 1 atom stereocenters. The van der Waals surface area contributed by atoms with E-state index in [1.807, 2.05) is 19.1 Å². The van der Waals surface area contributed by atoms with Gasteiger partial charge in [-0.05, 0) is 41.8 Å². The zero-order valence-electron chi connectivity index (χ0n) is 15.3. The van der Waals surface area contributed by atoms with E-state index in [1.54, 1.807) is 6.07 Å². The zero-order valence-corrected chi connectivity index (χ0v) is 16.9. The quantitative estimate of drug-likeness (QED) is 0.659. The molecular weight excluding hydrogens is 405 g/mol. The first-order valence-electron chi connectivity index (χ1n) is 8.70. The van der Waals surface area contributed by atoms with E-state index in [-0.39, 0.29) is 23.9 Å². The van der Waals surface area contributed by atoms with Crippen LogP contribution in [0.5, 0.6) is 5.75 Å². The number of anilines is 1. The minimum absolute atomic E-state index is 0.0182. The standard InChI is InChI=1S/C19H19ClFN3O3S/c1-11-9-24(10-17-19(11)14-7-12(20)3-6-16(14)22-17)28(25,26)23-13-4-5-15(21)18(8-13)27-2/h3-8,11,22-23H,9-10H2,1-2H3. The number of hydrogen-bond donors (Lipinski definition) is 2. The molecule has 0 aliphatic carbocycles. The monoisotopic (exact) mass is 423 g/mol. The highest BCUT2D eigenvalue weighted by Crippen LogP contribution is 2.36. The predicted octanol–water partition coefficient (Wildman–Crippen LogP) is 4.25. The molecule has 28 heavy (non-hydrogen) atoms. The first kappa shape index (κ1) is 19.0. The van der Waals surface area contributed by atoms with Crippen LogP contribution in [-0.4, -0.2) is 31.4 Å². The summed E-state index contributed by atoms with van der Waals surface area (Å²) in [6.07, 6.45) is 0. The van der Waals surface area contributed by atoms with Gasteiger partial charge in [0.1, 0.15) is 0 Å². The van der Waals surface area contributed by atoms with Gasteiger partial charge in [0.25, 0.3) is 0 Å². The van der Waals surface area contributed by atoms with Gasteiger partial charge in [-0.2, -0.15) is 12.7 Å². The van der Waals surface area contributed by atoms with Gasteiger partial charge in [0, 0.05) is 34.2 Å². The molecule has 1 aliphatic heterocycles. The molecule has 2 N–H and O–H groups in total. The molecule has 4 rings (SSSR count). The van der Waals surface area contributed by atoms with Crippen LogP contribution in [0.1, 0.15) is 24.1 Å². The number of aromatic amines is 1. The maximum atomic E-state index is 13.6. The number of benzene rings is 2. The Morgan fingerprint density at radius 3 is 2.82 bits per heavy atom. The number of methoxy groups -OCH3 is 1. The molecule has 0 saturated carbocycles. The first-order valence-corrected chi connectivity index (χ1v) is 10.5. The molecule has 1 aromatic heterocycles. The molecule has 0 spiro atoms. The molecule has 9 heteroatoms. The van der Waals surface area contributed by atoms with E-state index in [2.05, 4.69) is 9.71 Å². The number of nitrogens with zero attached hydrogens (tertiary/aromatic N) is 1. The van der Waals surface area contributed by atoms with Gasteiger partial charge < -0.3 is 9.72 Å². The summed E-state index contributed by atoms with van der Waals surface area (Å²) < 4.78 is 48.2. The number of rotatable bonds is 4. The molecule has 0 saturated heterocycles. The third-order valence-electron chi connectivity index (χ3n) is 4.93. The molecule has 2 heterocycles. The Balaban J connectivity index is 1.64. The Bertz CT molecular complexity index is 1160. The molecule has 148 valence electrons. The molecule has 1 unspecified atom stereocenters. The number of H-pyrrole nitrogens is 1. The number of nitrogens with one attached hydrogen (secondary N) is 2. The van der Waals surface area contributed by atoms with Crippen molar-refractivity contribution in [3.63, 3.8) is 0 Å². The van der Waals surface area contributed by atoms with Gasteiger partial charge in [0.2, 0.25) is 0 Å². The third kappa shape index (κ3) is 3.32. The van der Waals surface area contributed by atoms with E-state index >= 15 is 0 Å². The highest BCUT2D eigenvalue weighted by molar-refractivity contribution is 7.90. The van der Waals surface area contributed by atoms with Gasteiger partial charge in [-0.3, -0.25) is 4.72 Å². The fourth-order valence-corrected chi connectivity index (χ4v) is 5.13. The Morgan fingerprint density at radius 1 is 1.29 bits per heavy atom. The molecule has 2 aromatic carbocycles. The summed E-state index contributed by atoms with van der Waals surface area (Å²) >= 11 is 6.13. The van der Waals surface area contributed by atoms with Crippen molar-refractivity contribution in [3.8, 4) is 5.75 Å². The second-order valence-corrected chi connectivity index (χ2v) is 8.96. The summed E-state index contributed by atoms with van der Waals surface area (Å²) in [5, 5.41) is 1.66. The average Bonchev–Trinajstić information content (AvgIpc) is 3.01.